The fraction of sp³-hybridized carbons (Fsp3) is 0.0500. The standard InChI is InChI=1S/C20H16N6O2/c21-24-11-15-18-13(9-10-23-20(18)24)12-5-1-3-7-16(12)25(22)19(15)14-6-2-4-8-17(14)26(27)28/h1-11,19H,21-22H2. The summed E-state index contributed by atoms with van der Waals surface area (Å²) in [4.78, 5) is 15.7. The van der Waals surface area contributed by atoms with Crippen LogP contribution in [0.5, 0.6) is 0 Å². The second-order valence-electron chi connectivity index (χ2n) is 6.69. The molecule has 1 unspecified atom stereocenters. The summed E-state index contributed by atoms with van der Waals surface area (Å²) in [6.07, 6.45) is 3.45. The van der Waals surface area contributed by atoms with E-state index in [2.05, 4.69) is 4.98 Å². The molecule has 0 amide bonds. The van der Waals surface area contributed by atoms with Crippen LogP contribution in [0.4, 0.5) is 11.4 Å². The number of nitrogens with two attached hydrogens (primary N) is 2. The van der Waals surface area contributed by atoms with Crippen molar-refractivity contribution in [1.29, 1.82) is 0 Å². The first-order valence-corrected chi connectivity index (χ1v) is 8.69. The molecular weight excluding hydrogens is 356 g/mol. The predicted octanol–water partition coefficient (Wildman–Crippen LogP) is 3.11. The smallest absolute Gasteiger partial charge is 0.275 e. The van der Waals surface area contributed by atoms with Crippen molar-refractivity contribution >= 4 is 22.4 Å². The largest absolute Gasteiger partial charge is 0.338 e. The number of aromatic nitrogens is 2. The number of hydrogen-bond acceptors (Lipinski definition) is 6. The highest BCUT2D eigenvalue weighted by molar-refractivity contribution is 6.01. The molecule has 1 aliphatic heterocycles. The minimum absolute atomic E-state index is 0.00527. The van der Waals surface area contributed by atoms with E-state index in [1.165, 1.54) is 10.7 Å². The molecule has 0 saturated heterocycles. The molecule has 2 aromatic heterocycles. The number of anilines is 1. The fourth-order valence-electron chi connectivity index (χ4n) is 4.06. The normalized spacial score (nSPS) is 15.3. The van der Waals surface area contributed by atoms with Crippen LogP contribution >= 0.6 is 0 Å². The number of nitro groups is 1. The van der Waals surface area contributed by atoms with Crippen molar-refractivity contribution in [1.82, 2.24) is 9.66 Å². The Morgan fingerprint density at radius 2 is 1.71 bits per heavy atom. The lowest BCUT2D eigenvalue weighted by Gasteiger charge is -2.29. The molecule has 8 nitrogen and oxygen atoms in total. The Hall–Kier alpha value is -3.91. The number of rotatable bonds is 2. The highest BCUT2D eigenvalue weighted by atomic mass is 16.6. The Labute approximate surface area is 159 Å². The van der Waals surface area contributed by atoms with Gasteiger partial charge in [0.1, 0.15) is 6.04 Å². The number of nitrogen functional groups attached to an aromatic ring is 1. The van der Waals surface area contributed by atoms with Crippen molar-refractivity contribution in [2.24, 2.45) is 5.84 Å². The molecule has 28 heavy (non-hydrogen) atoms. The van der Waals surface area contributed by atoms with E-state index in [-0.39, 0.29) is 10.6 Å². The number of pyridine rings is 1. The maximum Gasteiger partial charge on any atom is 0.275 e. The molecular formula is C20H16N6O2. The zero-order chi connectivity index (χ0) is 19.4. The van der Waals surface area contributed by atoms with Crippen molar-refractivity contribution in [3.05, 3.63) is 88.2 Å². The summed E-state index contributed by atoms with van der Waals surface area (Å²) in [6.45, 7) is 0. The first-order chi connectivity index (χ1) is 13.6. The third-order valence-corrected chi connectivity index (χ3v) is 5.22. The number of hydrazine groups is 1. The second kappa shape index (κ2) is 5.80. The SMILES string of the molecule is NN1c2ccccc2-c2ccnc3c2c(cn3N)C1c1ccccc1[N+](=O)[O-]. The number of nitro benzene ring substituents is 1. The molecule has 8 heteroatoms. The quantitative estimate of drug-likeness (QED) is 0.317. The van der Waals surface area contributed by atoms with Crippen LogP contribution in [0.25, 0.3) is 22.2 Å². The van der Waals surface area contributed by atoms with Crippen molar-refractivity contribution in [2.45, 2.75) is 6.04 Å². The summed E-state index contributed by atoms with van der Waals surface area (Å²) < 4.78 is 1.44. The number of nitrogens with zero attached hydrogens (tertiary/aromatic N) is 4. The van der Waals surface area contributed by atoms with E-state index in [1.54, 1.807) is 35.6 Å². The number of para-hydroxylation sites is 2. The molecule has 1 atom stereocenters. The van der Waals surface area contributed by atoms with Crippen molar-refractivity contribution in [3.63, 3.8) is 0 Å². The maximum atomic E-state index is 11.7. The molecule has 138 valence electrons. The van der Waals surface area contributed by atoms with E-state index in [4.69, 9.17) is 11.7 Å². The molecule has 4 N–H and O–H groups in total. The minimum atomic E-state index is -0.597. The Kier molecular flexibility index (Phi) is 3.37. The van der Waals surface area contributed by atoms with Gasteiger partial charge in [-0.25, -0.2) is 10.8 Å². The predicted molar refractivity (Wildman–Crippen MR) is 107 cm³/mol. The Morgan fingerprint density at radius 1 is 0.964 bits per heavy atom. The van der Waals surface area contributed by atoms with Crippen molar-refractivity contribution in [2.75, 3.05) is 10.9 Å². The van der Waals surface area contributed by atoms with Gasteiger partial charge in [0.05, 0.1) is 16.2 Å². The Morgan fingerprint density at radius 3 is 2.54 bits per heavy atom. The van der Waals surface area contributed by atoms with E-state index in [1.807, 2.05) is 30.3 Å². The maximum absolute atomic E-state index is 11.7. The van der Waals surface area contributed by atoms with Gasteiger partial charge in [0, 0.05) is 35.0 Å². The van der Waals surface area contributed by atoms with Gasteiger partial charge in [-0.1, -0.05) is 30.3 Å². The number of fused-ring (bicyclic) bond motifs is 2. The van der Waals surface area contributed by atoms with E-state index >= 15 is 0 Å². The summed E-state index contributed by atoms with van der Waals surface area (Å²) >= 11 is 0. The first-order valence-electron chi connectivity index (χ1n) is 8.69. The Bertz CT molecular complexity index is 1250. The van der Waals surface area contributed by atoms with E-state index in [0.29, 0.717) is 11.2 Å². The van der Waals surface area contributed by atoms with Gasteiger partial charge >= 0.3 is 0 Å². The van der Waals surface area contributed by atoms with Crippen LogP contribution in [-0.2, 0) is 0 Å². The van der Waals surface area contributed by atoms with Gasteiger partial charge in [-0.05, 0) is 23.8 Å². The molecule has 0 fully saturated rings. The molecule has 3 heterocycles. The fourth-order valence-corrected chi connectivity index (χ4v) is 4.06. The van der Waals surface area contributed by atoms with Crippen LogP contribution in [-0.4, -0.2) is 14.6 Å². The molecule has 0 radical (unpaired) electrons. The van der Waals surface area contributed by atoms with Gasteiger partial charge < -0.3 is 5.84 Å². The minimum Gasteiger partial charge on any atom is -0.338 e. The van der Waals surface area contributed by atoms with E-state index in [9.17, 15) is 10.1 Å². The van der Waals surface area contributed by atoms with Gasteiger partial charge in [-0.3, -0.25) is 19.8 Å². The molecule has 0 saturated carbocycles. The molecule has 0 spiro atoms. The highest BCUT2D eigenvalue weighted by Gasteiger charge is 2.34. The van der Waals surface area contributed by atoms with Gasteiger partial charge in [0.2, 0.25) is 0 Å². The van der Waals surface area contributed by atoms with Crippen molar-refractivity contribution < 1.29 is 4.92 Å². The molecule has 1 aliphatic rings. The highest BCUT2D eigenvalue weighted by Crippen LogP contribution is 2.47. The van der Waals surface area contributed by atoms with Crippen LogP contribution < -0.4 is 16.7 Å². The van der Waals surface area contributed by atoms with Gasteiger partial charge in [-0.15, -0.1) is 0 Å². The van der Waals surface area contributed by atoms with Crippen LogP contribution in [0, 0.1) is 10.1 Å². The summed E-state index contributed by atoms with van der Waals surface area (Å²) in [5.74, 6) is 12.8. The van der Waals surface area contributed by atoms with Crippen LogP contribution in [0.1, 0.15) is 17.2 Å². The lowest BCUT2D eigenvalue weighted by molar-refractivity contribution is -0.385. The van der Waals surface area contributed by atoms with Crippen LogP contribution in [0.2, 0.25) is 0 Å². The lowest BCUT2D eigenvalue weighted by Crippen LogP contribution is -2.36. The second-order valence-corrected chi connectivity index (χ2v) is 6.69. The Balaban J connectivity index is 1.92. The molecule has 5 rings (SSSR count). The molecule has 2 aromatic carbocycles. The number of hydrogen-bond donors (Lipinski definition) is 2. The third-order valence-electron chi connectivity index (χ3n) is 5.22. The zero-order valence-electron chi connectivity index (χ0n) is 14.7. The third kappa shape index (κ3) is 2.12. The molecule has 0 bridgehead atoms. The summed E-state index contributed by atoms with van der Waals surface area (Å²) in [5.41, 5.74) is 4.51. The monoisotopic (exact) mass is 372 g/mol. The van der Waals surface area contributed by atoms with Crippen LogP contribution in [0.3, 0.4) is 0 Å². The number of benzene rings is 2. The average molecular weight is 372 g/mol. The topological polar surface area (TPSA) is 116 Å². The lowest BCUT2D eigenvalue weighted by atomic mass is 9.96. The van der Waals surface area contributed by atoms with Crippen molar-refractivity contribution in [3.8, 4) is 11.1 Å². The summed E-state index contributed by atoms with van der Waals surface area (Å²) in [5, 5.41) is 14.1. The van der Waals surface area contributed by atoms with Gasteiger partial charge in [-0.2, -0.15) is 0 Å². The van der Waals surface area contributed by atoms with E-state index in [0.717, 1.165) is 27.8 Å². The molecule has 4 aromatic rings. The first kappa shape index (κ1) is 16.3. The zero-order valence-corrected chi connectivity index (χ0v) is 14.7. The van der Waals surface area contributed by atoms with Gasteiger partial charge in [0.15, 0.2) is 5.65 Å². The van der Waals surface area contributed by atoms with Crippen LogP contribution in [0.15, 0.2) is 67.0 Å². The summed E-state index contributed by atoms with van der Waals surface area (Å²) in [6, 6.07) is 15.7. The summed E-state index contributed by atoms with van der Waals surface area (Å²) in [7, 11) is 0. The average Bonchev–Trinajstić information content (AvgIpc) is 3.00. The van der Waals surface area contributed by atoms with E-state index < -0.39 is 6.04 Å². The molecule has 0 aliphatic carbocycles. The van der Waals surface area contributed by atoms with Gasteiger partial charge in [0.25, 0.3) is 5.69 Å².